The van der Waals surface area contributed by atoms with Gasteiger partial charge in [0, 0.05) is 25.7 Å². The van der Waals surface area contributed by atoms with Gasteiger partial charge < -0.3 is 4.90 Å². The number of aromatic nitrogens is 1. The Kier molecular flexibility index (Phi) is 3.50. The van der Waals surface area contributed by atoms with Gasteiger partial charge in [0.15, 0.2) is 6.04 Å². The zero-order valence-electron chi connectivity index (χ0n) is 11.1. The van der Waals surface area contributed by atoms with Gasteiger partial charge in [0.2, 0.25) is 0 Å². The van der Waals surface area contributed by atoms with Crippen LogP contribution in [0.15, 0.2) is 24.3 Å². The van der Waals surface area contributed by atoms with Gasteiger partial charge >= 0.3 is 0 Å². The van der Waals surface area contributed by atoms with Crippen molar-refractivity contribution in [2.45, 2.75) is 31.7 Å². The lowest BCUT2D eigenvalue weighted by atomic mass is 9.97. The summed E-state index contributed by atoms with van der Waals surface area (Å²) in [5.74, 6) is 0.590. The first-order chi connectivity index (χ1) is 9.28. The summed E-state index contributed by atoms with van der Waals surface area (Å²) in [6.07, 6.45) is 2.31. The fourth-order valence-electron chi connectivity index (χ4n) is 2.82. The molecule has 1 atom stereocenters. The number of hydrogen-bond acceptors (Lipinski definition) is 3. The molecule has 98 valence electrons. The van der Waals surface area contributed by atoms with Crippen LogP contribution in [0.5, 0.6) is 0 Å². The van der Waals surface area contributed by atoms with E-state index in [9.17, 15) is 0 Å². The van der Waals surface area contributed by atoms with Crippen LogP contribution in [0.25, 0.3) is 10.2 Å². The third-order valence-electron chi connectivity index (χ3n) is 4.09. The minimum Gasteiger partial charge on any atom is -0.321 e. The van der Waals surface area contributed by atoms with Gasteiger partial charge in [-0.25, -0.2) is 4.98 Å². The summed E-state index contributed by atoms with van der Waals surface area (Å²) in [4.78, 5) is 6.20. The fourth-order valence-corrected chi connectivity index (χ4v) is 3.96. The second-order valence-electron chi connectivity index (χ2n) is 5.30. The molecule has 1 N–H and O–H groups in total. The van der Waals surface area contributed by atoms with E-state index < -0.39 is 0 Å². The molecule has 0 bridgehead atoms. The number of likely N-dealkylation sites (tertiary alicyclic amines) is 1. The van der Waals surface area contributed by atoms with Crippen LogP contribution in [0, 0.1) is 11.3 Å². The van der Waals surface area contributed by atoms with Crippen LogP contribution in [0.2, 0.25) is 0 Å². The molecular formula is C15H18N3S+. The highest BCUT2D eigenvalue weighted by Gasteiger charge is 2.28. The van der Waals surface area contributed by atoms with Crippen molar-refractivity contribution >= 4 is 21.6 Å². The maximum atomic E-state index is 8.98. The Balaban J connectivity index is 1.73. The van der Waals surface area contributed by atoms with Gasteiger partial charge in [-0.2, -0.15) is 5.26 Å². The van der Waals surface area contributed by atoms with Crippen molar-refractivity contribution in [1.29, 1.82) is 5.26 Å². The van der Waals surface area contributed by atoms with Crippen molar-refractivity contribution in [3.63, 3.8) is 0 Å². The molecule has 1 aliphatic heterocycles. The van der Waals surface area contributed by atoms with Crippen molar-refractivity contribution in [1.82, 2.24) is 4.98 Å². The molecule has 1 aromatic heterocycles. The summed E-state index contributed by atoms with van der Waals surface area (Å²) in [6.45, 7) is 4.21. The molecule has 0 radical (unpaired) electrons. The van der Waals surface area contributed by atoms with E-state index in [1.165, 1.54) is 14.6 Å². The van der Waals surface area contributed by atoms with Crippen LogP contribution < -0.4 is 4.90 Å². The largest absolute Gasteiger partial charge is 0.321 e. The van der Waals surface area contributed by atoms with E-state index in [-0.39, 0.29) is 6.04 Å². The quantitative estimate of drug-likeness (QED) is 0.908. The van der Waals surface area contributed by atoms with Crippen LogP contribution in [-0.2, 0) is 0 Å². The Hall–Kier alpha value is -1.44. The number of nitrogens with one attached hydrogen (secondary N) is 1. The molecule has 0 unspecified atom stereocenters. The van der Waals surface area contributed by atoms with Crippen LogP contribution in [-0.4, -0.2) is 24.1 Å². The number of para-hydroxylation sites is 1. The predicted octanol–water partition coefficient (Wildman–Crippen LogP) is 1.97. The van der Waals surface area contributed by atoms with Crippen molar-refractivity contribution < 1.29 is 4.90 Å². The first-order valence-electron chi connectivity index (χ1n) is 6.87. The third-order valence-corrected chi connectivity index (χ3v) is 5.29. The molecule has 1 aliphatic rings. The molecule has 19 heavy (non-hydrogen) atoms. The first kappa shape index (κ1) is 12.6. The molecule has 1 saturated heterocycles. The number of hydrogen-bond donors (Lipinski definition) is 1. The second-order valence-corrected chi connectivity index (χ2v) is 6.37. The Morgan fingerprint density at radius 2 is 2.11 bits per heavy atom. The van der Waals surface area contributed by atoms with Crippen molar-refractivity contribution in [3.05, 3.63) is 29.3 Å². The number of thiazole rings is 1. The highest BCUT2D eigenvalue weighted by molar-refractivity contribution is 7.18. The molecule has 0 amide bonds. The van der Waals surface area contributed by atoms with E-state index >= 15 is 0 Å². The summed E-state index contributed by atoms with van der Waals surface area (Å²) in [5.41, 5.74) is 1.13. The van der Waals surface area contributed by atoms with Gasteiger partial charge in [-0.15, -0.1) is 11.3 Å². The Morgan fingerprint density at radius 3 is 2.79 bits per heavy atom. The lowest BCUT2D eigenvalue weighted by molar-refractivity contribution is -0.920. The average Bonchev–Trinajstić information content (AvgIpc) is 2.90. The van der Waals surface area contributed by atoms with Crippen LogP contribution in [0.4, 0.5) is 0 Å². The zero-order valence-corrected chi connectivity index (χ0v) is 11.9. The van der Waals surface area contributed by atoms with Crippen LogP contribution >= 0.6 is 11.3 Å². The normalized spacial score (nSPS) is 25.1. The SMILES string of the molecule is C[C@@H](C#N)[NH+]1CCC(c2nc3ccccc3s2)CC1. The molecule has 3 rings (SSSR count). The van der Waals surface area contributed by atoms with E-state index in [1.807, 2.05) is 24.3 Å². The molecule has 0 saturated carbocycles. The molecule has 1 aromatic carbocycles. The lowest BCUT2D eigenvalue weighted by Gasteiger charge is -2.29. The maximum Gasteiger partial charge on any atom is 0.172 e. The molecule has 2 heterocycles. The van der Waals surface area contributed by atoms with Gasteiger partial charge in [-0.3, -0.25) is 0 Å². The van der Waals surface area contributed by atoms with Gasteiger partial charge in [0.05, 0.1) is 28.3 Å². The highest BCUT2D eigenvalue weighted by Crippen LogP contribution is 2.31. The van der Waals surface area contributed by atoms with Gasteiger partial charge in [-0.1, -0.05) is 12.1 Å². The van der Waals surface area contributed by atoms with E-state index in [0.29, 0.717) is 5.92 Å². The topological polar surface area (TPSA) is 41.1 Å². The van der Waals surface area contributed by atoms with Crippen LogP contribution in [0.3, 0.4) is 0 Å². The molecule has 0 spiro atoms. The van der Waals surface area contributed by atoms with Gasteiger partial charge in [0.25, 0.3) is 0 Å². The van der Waals surface area contributed by atoms with Crippen molar-refractivity contribution in [3.8, 4) is 6.07 Å². The standard InChI is InChI=1S/C15H17N3S/c1-11(10-16)18-8-6-12(7-9-18)15-17-13-4-2-3-5-14(13)19-15/h2-5,11-12H,6-9H2,1H3/p+1/t11-/m0/s1. The molecule has 2 aromatic rings. The number of nitriles is 1. The summed E-state index contributed by atoms with van der Waals surface area (Å²) in [7, 11) is 0. The monoisotopic (exact) mass is 272 g/mol. The molecule has 1 fully saturated rings. The number of quaternary nitrogens is 1. The van der Waals surface area contributed by atoms with Crippen molar-refractivity contribution in [2.75, 3.05) is 13.1 Å². The minimum absolute atomic E-state index is 0.122. The predicted molar refractivity (Wildman–Crippen MR) is 77.4 cm³/mol. The molecule has 0 aliphatic carbocycles. The maximum absolute atomic E-state index is 8.98. The Bertz CT molecular complexity index is 572. The average molecular weight is 272 g/mol. The van der Waals surface area contributed by atoms with Crippen molar-refractivity contribution in [2.24, 2.45) is 0 Å². The Labute approximate surface area is 117 Å². The summed E-state index contributed by atoms with van der Waals surface area (Å²) < 4.78 is 1.29. The van der Waals surface area contributed by atoms with E-state index in [1.54, 1.807) is 0 Å². The smallest absolute Gasteiger partial charge is 0.172 e. The number of piperidine rings is 1. The van der Waals surface area contributed by atoms with Gasteiger partial charge in [-0.05, 0) is 12.1 Å². The zero-order chi connectivity index (χ0) is 13.2. The fraction of sp³-hybridized carbons (Fsp3) is 0.467. The van der Waals surface area contributed by atoms with E-state index in [4.69, 9.17) is 10.2 Å². The second kappa shape index (κ2) is 5.28. The van der Waals surface area contributed by atoms with Crippen LogP contribution in [0.1, 0.15) is 30.7 Å². The number of benzene rings is 1. The highest BCUT2D eigenvalue weighted by atomic mass is 32.1. The minimum atomic E-state index is 0.122. The molecular weight excluding hydrogens is 254 g/mol. The summed E-state index contributed by atoms with van der Waals surface area (Å²) in [6, 6.07) is 10.8. The van der Waals surface area contributed by atoms with E-state index in [2.05, 4.69) is 24.3 Å². The summed E-state index contributed by atoms with van der Waals surface area (Å²) in [5, 5.41) is 10.3. The summed E-state index contributed by atoms with van der Waals surface area (Å²) >= 11 is 1.83. The lowest BCUT2D eigenvalue weighted by Crippen LogP contribution is -3.16. The molecule has 4 heteroatoms. The first-order valence-corrected chi connectivity index (χ1v) is 7.69. The van der Waals surface area contributed by atoms with E-state index in [0.717, 1.165) is 31.4 Å². The Morgan fingerprint density at radius 1 is 1.37 bits per heavy atom. The number of fused-ring (bicyclic) bond motifs is 1. The third kappa shape index (κ3) is 2.49. The number of rotatable bonds is 2. The molecule has 3 nitrogen and oxygen atoms in total. The number of nitrogens with zero attached hydrogens (tertiary/aromatic N) is 2. The van der Waals surface area contributed by atoms with Gasteiger partial charge in [0.1, 0.15) is 6.07 Å².